The number of hydrogen-bond donors (Lipinski definition) is 1. The Labute approximate surface area is 54.8 Å². The molecule has 0 radical (unpaired) electrons. The average molecular weight is 136 g/mol. The monoisotopic (exact) mass is 135 g/mol. The second-order valence-electron chi connectivity index (χ2n) is 2.08. The molecule has 1 atom stereocenters. The van der Waals surface area contributed by atoms with Crippen LogP contribution in [-0.4, -0.2) is 11.7 Å². The van der Waals surface area contributed by atoms with Gasteiger partial charge in [-0.25, -0.2) is 0 Å². The van der Waals surface area contributed by atoms with E-state index in [0.717, 1.165) is 0 Å². The molecule has 0 aromatic heterocycles. The molecule has 2 N–H and O–H groups in total. The fourth-order valence-electron chi connectivity index (χ4n) is 0.261. The molecule has 0 aliphatic carbocycles. The van der Waals surface area contributed by atoms with Crippen LogP contribution in [0.5, 0.6) is 0 Å². The summed E-state index contributed by atoms with van der Waals surface area (Å²) in [6.45, 7) is 3.82. The van der Waals surface area contributed by atoms with Gasteiger partial charge in [0.1, 0.15) is 0 Å². The summed E-state index contributed by atoms with van der Waals surface area (Å²) in [6.07, 6.45) is 0. The first-order chi connectivity index (χ1) is 3.15. The SMILES string of the molecule is C[C@@H](N)C1(C)N=N1.Cl. The van der Waals surface area contributed by atoms with Gasteiger partial charge in [0.2, 0.25) is 5.66 Å². The van der Waals surface area contributed by atoms with Crippen LogP contribution in [0.4, 0.5) is 0 Å². The molecule has 0 aromatic rings. The summed E-state index contributed by atoms with van der Waals surface area (Å²) in [5, 5.41) is 7.47. The second kappa shape index (κ2) is 1.99. The molecule has 0 saturated carbocycles. The van der Waals surface area contributed by atoms with Crippen LogP contribution in [0.15, 0.2) is 10.2 Å². The first-order valence-electron chi connectivity index (χ1n) is 2.35. The summed E-state index contributed by atoms with van der Waals surface area (Å²) in [4.78, 5) is 0. The van der Waals surface area contributed by atoms with Crippen molar-refractivity contribution in [1.29, 1.82) is 0 Å². The fourth-order valence-corrected chi connectivity index (χ4v) is 0.261. The Balaban J connectivity index is 0.000000490. The van der Waals surface area contributed by atoms with E-state index < -0.39 is 0 Å². The molecule has 0 aromatic carbocycles. The molecular weight excluding hydrogens is 126 g/mol. The number of rotatable bonds is 1. The third-order valence-corrected chi connectivity index (χ3v) is 1.28. The minimum Gasteiger partial charge on any atom is -0.324 e. The van der Waals surface area contributed by atoms with Crippen molar-refractivity contribution in [3.63, 3.8) is 0 Å². The van der Waals surface area contributed by atoms with Crippen LogP contribution < -0.4 is 5.73 Å². The predicted octanol–water partition coefficient (Wildman–Crippen LogP) is 0.937. The zero-order chi connectivity index (χ0) is 5.49. The van der Waals surface area contributed by atoms with Crippen LogP contribution in [-0.2, 0) is 0 Å². The van der Waals surface area contributed by atoms with Crippen molar-refractivity contribution in [3.05, 3.63) is 0 Å². The van der Waals surface area contributed by atoms with Crippen LogP contribution in [0.3, 0.4) is 0 Å². The Bertz CT molecular complexity index is 104. The van der Waals surface area contributed by atoms with Crippen LogP contribution >= 0.6 is 12.4 Å². The molecule has 0 amide bonds. The highest BCUT2D eigenvalue weighted by molar-refractivity contribution is 5.85. The zero-order valence-corrected chi connectivity index (χ0v) is 5.77. The molecule has 4 heteroatoms. The minimum absolute atomic E-state index is 0. The molecule has 1 aliphatic heterocycles. The van der Waals surface area contributed by atoms with E-state index in [9.17, 15) is 0 Å². The van der Waals surface area contributed by atoms with E-state index in [-0.39, 0.29) is 24.1 Å². The van der Waals surface area contributed by atoms with Crippen molar-refractivity contribution in [2.45, 2.75) is 25.6 Å². The lowest BCUT2D eigenvalue weighted by molar-refractivity contribution is 0.542. The van der Waals surface area contributed by atoms with Crippen molar-refractivity contribution in [2.24, 2.45) is 16.0 Å². The maximum atomic E-state index is 5.44. The average Bonchev–Trinajstić information content (AvgIpc) is 2.21. The Morgan fingerprint density at radius 1 is 1.50 bits per heavy atom. The van der Waals surface area contributed by atoms with Crippen LogP contribution in [0.2, 0.25) is 0 Å². The third-order valence-electron chi connectivity index (χ3n) is 1.28. The van der Waals surface area contributed by atoms with E-state index >= 15 is 0 Å². The van der Waals surface area contributed by atoms with Gasteiger partial charge in [0.05, 0.1) is 6.04 Å². The Hall–Kier alpha value is -0.150. The molecule has 8 heavy (non-hydrogen) atoms. The van der Waals surface area contributed by atoms with Gasteiger partial charge in [-0.05, 0) is 13.8 Å². The quantitative estimate of drug-likeness (QED) is 0.572. The van der Waals surface area contributed by atoms with E-state index in [1.165, 1.54) is 0 Å². The van der Waals surface area contributed by atoms with Crippen molar-refractivity contribution < 1.29 is 0 Å². The summed E-state index contributed by atoms with van der Waals surface area (Å²) in [6, 6.07) is 0.0764. The van der Waals surface area contributed by atoms with Gasteiger partial charge in [0, 0.05) is 0 Å². The summed E-state index contributed by atoms with van der Waals surface area (Å²) < 4.78 is 0. The third kappa shape index (κ3) is 1.17. The number of nitrogens with two attached hydrogens (primary N) is 1. The van der Waals surface area contributed by atoms with Crippen molar-refractivity contribution in [3.8, 4) is 0 Å². The van der Waals surface area contributed by atoms with Gasteiger partial charge in [0.25, 0.3) is 0 Å². The van der Waals surface area contributed by atoms with Gasteiger partial charge in [-0.1, -0.05) is 0 Å². The van der Waals surface area contributed by atoms with Gasteiger partial charge in [-0.15, -0.1) is 12.4 Å². The van der Waals surface area contributed by atoms with Gasteiger partial charge in [-0.3, -0.25) is 0 Å². The normalized spacial score (nSPS) is 23.9. The lowest BCUT2D eigenvalue weighted by Crippen LogP contribution is -2.31. The maximum absolute atomic E-state index is 5.44. The smallest absolute Gasteiger partial charge is 0.202 e. The predicted molar refractivity (Wildman–Crippen MR) is 34.2 cm³/mol. The minimum atomic E-state index is -0.222. The van der Waals surface area contributed by atoms with Crippen molar-refractivity contribution in [1.82, 2.24) is 0 Å². The molecule has 0 fully saturated rings. The Morgan fingerprint density at radius 2 is 1.88 bits per heavy atom. The lowest BCUT2D eigenvalue weighted by Gasteiger charge is -2.04. The first kappa shape index (κ1) is 7.85. The molecule has 3 nitrogen and oxygen atoms in total. The molecule has 0 saturated heterocycles. The van der Waals surface area contributed by atoms with Gasteiger partial charge in [0.15, 0.2) is 0 Å². The first-order valence-corrected chi connectivity index (χ1v) is 2.35. The second-order valence-corrected chi connectivity index (χ2v) is 2.08. The van der Waals surface area contributed by atoms with E-state index in [0.29, 0.717) is 0 Å². The number of nitrogens with zero attached hydrogens (tertiary/aromatic N) is 2. The molecule has 1 rings (SSSR count). The van der Waals surface area contributed by atoms with Crippen molar-refractivity contribution in [2.75, 3.05) is 0 Å². The largest absolute Gasteiger partial charge is 0.324 e. The summed E-state index contributed by atoms with van der Waals surface area (Å²) in [5.74, 6) is 0. The Kier molecular flexibility index (Phi) is 1.95. The van der Waals surface area contributed by atoms with E-state index in [1.54, 1.807) is 0 Å². The highest BCUT2D eigenvalue weighted by Gasteiger charge is 2.37. The molecule has 1 aliphatic rings. The van der Waals surface area contributed by atoms with Gasteiger partial charge >= 0.3 is 0 Å². The zero-order valence-electron chi connectivity index (χ0n) is 4.96. The summed E-state index contributed by atoms with van der Waals surface area (Å²) >= 11 is 0. The highest BCUT2D eigenvalue weighted by Crippen LogP contribution is 2.28. The maximum Gasteiger partial charge on any atom is 0.202 e. The standard InChI is InChI=1S/C4H9N3.ClH/c1-3(5)4(2)6-7-4;/h3H,5H2,1-2H3;1H/t3-;/m1./s1. The molecule has 0 unspecified atom stereocenters. The van der Waals surface area contributed by atoms with Crippen LogP contribution in [0.1, 0.15) is 13.8 Å². The summed E-state index contributed by atoms with van der Waals surface area (Å²) in [7, 11) is 0. The van der Waals surface area contributed by atoms with E-state index in [2.05, 4.69) is 10.2 Å². The molecule has 1 heterocycles. The van der Waals surface area contributed by atoms with Crippen molar-refractivity contribution >= 4 is 12.4 Å². The van der Waals surface area contributed by atoms with Crippen LogP contribution in [0.25, 0.3) is 0 Å². The van der Waals surface area contributed by atoms with Crippen LogP contribution in [0, 0.1) is 0 Å². The van der Waals surface area contributed by atoms with Gasteiger partial charge < -0.3 is 5.73 Å². The molecule has 48 valence electrons. The topological polar surface area (TPSA) is 50.7 Å². The Morgan fingerprint density at radius 3 is 1.88 bits per heavy atom. The van der Waals surface area contributed by atoms with E-state index in [1.807, 2.05) is 13.8 Å². The highest BCUT2D eigenvalue weighted by atomic mass is 35.5. The van der Waals surface area contributed by atoms with E-state index in [4.69, 9.17) is 5.73 Å². The molecule has 0 bridgehead atoms. The van der Waals surface area contributed by atoms with Gasteiger partial charge in [-0.2, -0.15) is 10.2 Å². The molecular formula is C4H10ClN3. The fraction of sp³-hybridized carbons (Fsp3) is 1.00. The lowest BCUT2D eigenvalue weighted by atomic mass is 10.1. The molecule has 0 spiro atoms. The number of halogens is 1. The summed E-state index contributed by atoms with van der Waals surface area (Å²) in [5.41, 5.74) is 5.22. The number of hydrogen-bond acceptors (Lipinski definition) is 3.